The van der Waals surface area contributed by atoms with Crippen LogP contribution in [-0.2, 0) is 31.8 Å². The van der Waals surface area contributed by atoms with Crippen molar-refractivity contribution < 1.29 is 23.7 Å². The van der Waals surface area contributed by atoms with Crippen LogP contribution in [0.4, 0.5) is 4.79 Å². The average molecular weight is 727 g/mol. The van der Waals surface area contributed by atoms with Gasteiger partial charge in [-0.2, -0.15) is 0 Å². The molecule has 0 radical (unpaired) electrons. The summed E-state index contributed by atoms with van der Waals surface area (Å²) in [6.07, 6.45) is 6.74. The van der Waals surface area contributed by atoms with Crippen LogP contribution in [0.1, 0.15) is 63.5 Å². The maximum atomic E-state index is 15.1. The fraction of sp³-hybridized carbons (Fsp3) is 0.683. The molecule has 1 heterocycles. The molecule has 9 heteroatoms. The lowest BCUT2D eigenvalue weighted by Crippen LogP contribution is -2.53. The zero-order valence-electron chi connectivity index (χ0n) is 32.8. The Morgan fingerprint density at radius 3 is 1.30 bits per heavy atom. The van der Waals surface area contributed by atoms with E-state index in [0.717, 1.165) is 50.6 Å². The van der Waals surface area contributed by atoms with Gasteiger partial charge in [0.25, 0.3) is 0 Å². The zero-order chi connectivity index (χ0) is 36.4. The monoisotopic (exact) mass is 726 g/mol. The quantitative estimate of drug-likeness (QED) is 0.0613. The van der Waals surface area contributed by atoms with Crippen LogP contribution in [-0.4, -0.2) is 96.2 Å². The molecule has 282 valence electrons. The van der Waals surface area contributed by atoms with Gasteiger partial charge in [0.1, 0.15) is 25.8 Å². The average Bonchev–Trinajstić information content (AvgIpc) is 3.14. The van der Waals surface area contributed by atoms with E-state index in [1.54, 1.807) is 0 Å². The van der Waals surface area contributed by atoms with E-state index in [4.69, 9.17) is 18.9 Å². The summed E-state index contributed by atoms with van der Waals surface area (Å²) in [4.78, 5) is 19.4. The first-order valence-corrected chi connectivity index (χ1v) is 26.9. The number of urea groups is 1. The van der Waals surface area contributed by atoms with Gasteiger partial charge in [-0.3, -0.25) is 0 Å². The van der Waals surface area contributed by atoms with Gasteiger partial charge in [-0.05, 0) is 48.9 Å². The number of rotatable bonds is 24. The highest BCUT2D eigenvalue weighted by Crippen LogP contribution is 2.32. The molecular weight excluding hydrogens is 657 g/mol. The van der Waals surface area contributed by atoms with Crippen molar-refractivity contribution >= 4 is 22.2 Å². The summed E-state index contributed by atoms with van der Waals surface area (Å²) in [7, 11) is -2.54. The Morgan fingerprint density at radius 2 is 0.960 bits per heavy atom. The second-order valence-electron chi connectivity index (χ2n) is 16.5. The fourth-order valence-electron chi connectivity index (χ4n) is 6.53. The molecule has 1 fully saturated rings. The van der Waals surface area contributed by atoms with E-state index in [2.05, 4.69) is 124 Å². The number of carbonyl (C=O) groups is 1. The molecule has 1 aliphatic heterocycles. The van der Waals surface area contributed by atoms with Gasteiger partial charge in [0.2, 0.25) is 0 Å². The summed E-state index contributed by atoms with van der Waals surface area (Å²) >= 11 is 0. The van der Waals surface area contributed by atoms with Crippen molar-refractivity contribution in [1.82, 2.24) is 9.80 Å². The van der Waals surface area contributed by atoms with Crippen LogP contribution in [0.3, 0.4) is 0 Å². The third-order valence-corrected chi connectivity index (χ3v) is 13.0. The lowest BCUT2D eigenvalue weighted by molar-refractivity contribution is -0.187. The number of carbonyl (C=O) groups excluding carboxylic acids is 1. The molecule has 0 saturated carbocycles. The predicted octanol–water partition coefficient (Wildman–Crippen LogP) is 9.72. The van der Waals surface area contributed by atoms with Crippen molar-refractivity contribution in [3.05, 3.63) is 71.8 Å². The van der Waals surface area contributed by atoms with Crippen LogP contribution in [0.15, 0.2) is 60.7 Å². The SMILES string of the molecule is CCCCCN1C(=O)N(CCCCC)[C@H](Cc2ccccc2)[C@H](OCOCC[Si](C)(C)C)[C@@H](OCOCC[Si](C)(C)C)[C@H]1Cc1ccccc1. The Bertz CT molecular complexity index is 1100. The van der Waals surface area contributed by atoms with Gasteiger partial charge >= 0.3 is 6.03 Å². The first kappa shape index (κ1) is 42.4. The third-order valence-electron chi connectivity index (χ3n) is 9.64. The van der Waals surface area contributed by atoms with Gasteiger partial charge in [0.05, 0.1) is 12.1 Å². The van der Waals surface area contributed by atoms with Crippen molar-refractivity contribution in [2.24, 2.45) is 0 Å². The van der Waals surface area contributed by atoms with Crippen LogP contribution in [0.25, 0.3) is 0 Å². The van der Waals surface area contributed by atoms with E-state index in [-0.39, 0.29) is 31.7 Å². The summed E-state index contributed by atoms with van der Waals surface area (Å²) in [6, 6.07) is 22.9. The minimum Gasteiger partial charge on any atom is -0.356 e. The Balaban J connectivity index is 2.11. The Hall–Kier alpha value is -2.02. The van der Waals surface area contributed by atoms with E-state index < -0.39 is 28.4 Å². The Morgan fingerprint density at radius 1 is 0.580 bits per heavy atom. The van der Waals surface area contributed by atoms with E-state index in [1.165, 1.54) is 11.1 Å². The molecule has 1 aliphatic rings. The van der Waals surface area contributed by atoms with Crippen LogP contribution >= 0.6 is 0 Å². The second kappa shape index (κ2) is 22.1. The summed E-state index contributed by atoms with van der Waals surface area (Å²) in [6.45, 7) is 21.7. The molecular formula is C41H70N2O5Si2. The lowest BCUT2D eigenvalue weighted by Gasteiger charge is -2.38. The van der Waals surface area contributed by atoms with Crippen LogP contribution < -0.4 is 0 Å². The minimum atomic E-state index is -1.27. The molecule has 50 heavy (non-hydrogen) atoms. The summed E-state index contributed by atoms with van der Waals surface area (Å²) in [5, 5.41) is 0. The van der Waals surface area contributed by atoms with E-state index in [1.807, 2.05) is 0 Å². The number of hydrogen-bond donors (Lipinski definition) is 0. The van der Waals surface area contributed by atoms with E-state index in [9.17, 15) is 0 Å². The molecule has 0 N–H and O–H groups in total. The molecule has 4 atom stereocenters. The number of ether oxygens (including phenoxy) is 4. The first-order chi connectivity index (χ1) is 23.9. The van der Waals surface area contributed by atoms with Crippen molar-refractivity contribution in [2.45, 2.75) is 141 Å². The topological polar surface area (TPSA) is 60.5 Å². The highest BCUT2D eigenvalue weighted by Gasteiger charge is 2.48. The maximum Gasteiger partial charge on any atom is 0.320 e. The normalized spacial score (nSPS) is 20.4. The molecule has 1 saturated heterocycles. The molecule has 7 nitrogen and oxygen atoms in total. The van der Waals surface area contributed by atoms with Crippen LogP contribution in [0.5, 0.6) is 0 Å². The third kappa shape index (κ3) is 15.3. The fourth-order valence-corrected chi connectivity index (χ4v) is 8.05. The van der Waals surface area contributed by atoms with Gasteiger partial charge in [0.15, 0.2) is 0 Å². The second-order valence-corrected chi connectivity index (χ2v) is 27.8. The number of amides is 2. The van der Waals surface area contributed by atoms with Gasteiger partial charge < -0.3 is 28.7 Å². The standard InChI is InChI=1S/C41H70N2O5Si2/c1-9-11-19-25-42-37(31-35-21-15-13-16-22-35)39(47-33-45-27-29-49(3,4)5)40(48-34-46-28-30-50(6,7)8)38(32-36-23-17-14-18-24-36)43(41(42)44)26-20-12-10-2/h13-18,21-24,37-40H,9-12,19-20,25-34H2,1-8H3/t37-,38-,39+,40+/m1/s1. The van der Waals surface area contributed by atoms with Crippen molar-refractivity contribution in [3.63, 3.8) is 0 Å². The van der Waals surface area contributed by atoms with Gasteiger partial charge in [-0.1, -0.05) is 139 Å². The largest absolute Gasteiger partial charge is 0.356 e. The lowest BCUT2D eigenvalue weighted by atomic mass is 9.90. The molecule has 0 bridgehead atoms. The van der Waals surface area contributed by atoms with Crippen molar-refractivity contribution in [3.8, 4) is 0 Å². The molecule has 3 rings (SSSR count). The van der Waals surface area contributed by atoms with Crippen LogP contribution in [0, 0.1) is 0 Å². The molecule has 0 unspecified atom stereocenters. The zero-order valence-corrected chi connectivity index (χ0v) is 34.8. The summed E-state index contributed by atoms with van der Waals surface area (Å²) in [5.74, 6) is 0. The number of benzene rings is 2. The Kier molecular flexibility index (Phi) is 18.8. The van der Waals surface area contributed by atoms with Crippen LogP contribution in [0.2, 0.25) is 51.4 Å². The van der Waals surface area contributed by atoms with E-state index in [0.29, 0.717) is 39.1 Å². The molecule has 2 amide bonds. The highest BCUT2D eigenvalue weighted by atomic mass is 28.3. The summed E-state index contributed by atoms with van der Waals surface area (Å²) in [5.41, 5.74) is 2.37. The molecule has 0 aliphatic carbocycles. The highest BCUT2D eigenvalue weighted by molar-refractivity contribution is 6.76. The van der Waals surface area contributed by atoms with Crippen molar-refractivity contribution in [1.29, 1.82) is 0 Å². The number of hydrogen-bond acceptors (Lipinski definition) is 5. The molecule has 2 aromatic rings. The van der Waals surface area contributed by atoms with Gasteiger partial charge in [-0.25, -0.2) is 4.79 Å². The Labute approximate surface area is 307 Å². The van der Waals surface area contributed by atoms with Crippen molar-refractivity contribution in [2.75, 3.05) is 39.9 Å². The maximum absolute atomic E-state index is 15.1. The van der Waals surface area contributed by atoms with E-state index >= 15 is 4.79 Å². The number of unbranched alkanes of at least 4 members (excludes halogenated alkanes) is 4. The first-order valence-electron chi connectivity index (χ1n) is 19.5. The van der Waals surface area contributed by atoms with Gasteiger partial charge in [0, 0.05) is 42.5 Å². The number of nitrogens with zero attached hydrogens (tertiary/aromatic N) is 2. The predicted molar refractivity (Wildman–Crippen MR) is 213 cm³/mol. The smallest absolute Gasteiger partial charge is 0.320 e. The molecule has 0 spiro atoms. The molecule has 0 aromatic heterocycles. The molecule has 2 aromatic carbocycles. The summed E-state index contributed by atoms with van der Waals surface area (Å²) < 4.78 is 26.3. The van der Waals surface area contributed by atoms with Gasteiger partial charge in [-0.15, -0.1) is 0 Å². The minimum absolute atomic E-state index is 0.0954.